The molecule has 8 heteroatoms. The number of rotatable bonds is 3. The lowest BCUT2D eigenvalue weighted by Gasteiger charge is -1.96. The van der Waals surface area contributed by atoms with Gasteiger partial charge in [-0.3, -0.25) is 5.10 Å². The minimum Gasteiger partial charge on any atom is -0.453 e. The molecule has 0 bridgehead atoms. The summed E-state index contributed by atoms with van der Waals surface area (Å²) in [7, 11) is 0. The molecule has 0 amide bonds. The molecule has 4 aromatic heterocycles. The van der Waals surface area contributed by atoms with E-state index in [9.17, 15) is 0 Å². The van der Waals surface area contributed by atoms with Crippen molar-refractivity contribution in [3.63, 3.8) is 0 Å². The van der Waals surface area contributed by atoms with Crippen LogP contribution < -0.4 is 0 Å². The number of nitrogens with one attached hydrogen (secondary N) is 1. The van der Waals surface area contributed by atoms with Crippen LogP contribution >= 0.6 is 11.3 Å². The maximum absolute atomic E-state index is 5.89. The van der Waals surface area contributed by atoms with E-state index in [0.717, 1.165) is 27.4 Å². The number of H-pyrrole nitrogens is 1. The summed E-state index contributed by atoms with van der Waals surface area (Å²) in [6.07, 6.45) is 0. The van der Waals surface area contributed by atoms with Crippen molar-refractivity contribution >= 4 is 27.3 Å². The highest BCUT2D eigenvalue weighted by molar-refractivity contribution is 7.19. The lowest BCUT2D eigenvalue weighted by Crippen LogP contribution is -1.89. The van der Waals surface area contributed by atoms with E-state index in [-0.39, 0.29) is 0 Å². The third-order valence-electron chi connectivity index (χ3n) is 4.08. The van der Waals surface area contributed by atoms with Crippen molar-refractivity contribution in [2.45, 2.75) is 19.8 Å². The summed E-state index contributed by atoms with van der Waals surface area (Å²) < 4.78 is 7.60. The largest absolute Gasteiger partial charge is 0.453 e. The molecule has 7 nitrogen and oxygen atoms in total. The van der Waals surface area contributed by atoms with Crippen LogP contribution in [0.2, 0.25) is 0 Å². The predicted molar refractivity (Wildman–Crippen MR) is 95.5 cm³/mol. The summed E-state index contributed by atoms with van der Waals surface area (Å²) in [5, 5.41) is 22.3. The average Bonchev–Trinajstić information content (AvgIpc) is 3.35. The van der Waals surface area contributed by atoms with Gasteiger partial charge in [0.25, 0.3) is 0 Å². The van der Waals surface area contributed by atoms with Crippen LogP contribution in [-0.2, 0) is 0 Å². The van der Waals surface area contributed by atoms with Crippen LogP contribution in [0.3, 0.4) is 0 Å². The van der Waals surface area contributed by atoms with Crippen LogP contribution in [0.15, 0.2) is 40.8 Å². The summed E-state index contributed by atoms with van der Waals surface area (Å²) in [4.78, 5) is 0.708. The molecule has 1 N–H and O–H groups in total. The quantitative estimate of drug-likeness (QED) is 0.529. The highest BCUT2D eigenvalue weighted by Gasteiger charge is 2.19. The van der Waals surface area contributed by atoms with Crippen molar-refractivity contribution in [1.82, 2.24) is 30.0 Å². The highest BCUT2D eigenvalue weighted by atomic mass is 32.1. The van der Waals surface area contributed by atoms with E-state index >= 15 is 0 Å². The summed E-state index contributed by atoms with van der Waals surface area (Å²) in [6.45, 7) is 4.24. The molecule has 0 unspecified atom stereocenters. The molecule has 5 rings (SSSR count). The van der Waals surface area contributed by atoms with Gasteiger partial charge in [0.1, 0.15) is 11.3 Å². The van der Waals surface area contributed by atoms with Crippen LogP contribution in [0, 0.1) is 0 Å². The van der Waals surface area contributed by atoms with Crippen LogP contribution in [0.1, 0.15) is 25.5 Å². The average molecular weight is 350 g/mol. The Hall–Kier alpha value is -3.00. The Morgan fingerprint density at radius 1 is 1.16 bits per heavy atom. The first-order chi connectivity index (χ1) is 12.2. The number of aromatic nitrogens is 6. The van der Waals surface area contributed by atoms with Crippen molar-refractivity contribution < 1.29 is 4.42 Å². The van der Waals surface area contributed by atoms with Crippen molar-refractivity contribution in [1.29, 1.82) is 0 Å². The van der Waals surface area contributed by atoms with Gasteiger partial charge in [0.15, 0.2) is 10.8 Å². The smallest absolute Gasteiger partial charge is 0.235 e. The van der Waals surface area contributed by atoms with E-state index in [0.29, 0.717) is 22.5 Å². The lowest BCUT2D eigenvalue weighted by molar-refractivity contribution is 0.622. The first kappa shape index (κ1) is 14.4. The summed E-state index contributed by atoms with van der Waals surface area (Å²) >= 11 is 1.45. The Balaban J connectivity index is 1.61. The molecule has 0 atom stereocenters. The van der Waals surface area contributed by atoms with Crippen LogP contribution in [0.25, 0.3) is 38.2 Å². The standard InChI is InChI=1S/C17H14N6OS/c1-9(2)11-8-12(19-18-11)16-22-23-15(20-21-17(23)25-16)14-7-10-5-3-4-6-13(10)24-14/h3-9H,1-2H3,(H,18,19). The van der Waals surface area contributed by atoms with Crippen molar-refractivity contribution in [2.75, 3.05) is 0 Å². The molecule has 0 saturated heterocycles. The van der Waals surface area contributed by atoms with E-state index in [1.807, 2.05) is 36.4 Å². The van der Waals surface area contributed by atoms with Gasteiger partial charge >= 0.3 is 0 Å². The molecule has 0 spiro atoms. The van der Waals surface area contributed by atoms with Crippen LogP contribution in [0.4, 0.5) is 0 Å². The molecular formula is C17H14N6OS. The molecule has 0 radical (unpaired) electrons. The van der Waals surface area contributed by atoms with Gasteiger partial charge in [-0.1, -0.05) is 43.4 Å². The van der Waals surface area contributed by atoms with Gasteiger partial charge in [-0.25, -0.2) is 0 Å². The Morgan fingerprint density at radius 2 is 2.04 bits per heavy atom. The summed E-state index contributed by atoms with van der Waals surface area (Å²) in [6, 6.07) is 11.8. The summed E-state index contributed by atoms with van der Waals surface area (Å²) in [5.41, 5.74) is 2.71. The van der Waals surface area contributed by atoms with Gasteiger partial charge in [0, 0.05) is 11.1 Å². The van der Waals surface area contributed by atoms with E-state index in [4.69, 9.17) is 4.42 Å². The molecule has 0 aliphatic carbocycles. The minimum absolute atomic E-state index is 0.387. The van der Waals surface area contributed by atoms with E-state index in [1.165, 1.54) is 11.3 Å². The van der Waals surface area contributed by atoms with E-state index in [2.05, 4.69) is 39.3 Å². The number of fused-ring (bicyclic) bond motifs is 2. The predicted octanol–water partition coefficient (Wildman–Crippen LogP) is 4.11. The topological polar surface area (TPSA) is 84.9 Å². The second kappa shape index (κ2) is 5.25. The zero-order chi connectivity index (χ0) is 17.0. The highest BCUT2D eigenvalue weighted by Crippen LogP contribution is 2.30. The Kier molecular flexibility index (Phi) is 3.01. The zero-order valence-electron chi connectivity index (χ0n) is 13.6. The third-order valence-corrected chi connectivity index (χ3v) is 5.00. The fourth-order valence-electron chi connectivity index (χ4n) is 2.71. The maximum Gasteiger partial charge on any atom is 0.235 e. The summed E-state index contributed by atoms with van der Waals surface area (Å²) in [5.74, 6) is 1.63. The number of para-hydroxylation sites is 1. The first-order valence-corrected chi connectivity index (χ1v) is 8.77. The number of hydrogen-bond acceptors (Lipinski definition) is 6. The van der Waals surface area contributed by atoms with E-state index in [1.54, 1.807) is 4.52 Å². The van der Waals surface area contributed by atoms with Gasteiger partial charge in [-0.2, -0.15) is 14.7 Å². The second-order valence-electron chi connectivity index (χ2n) is 6.14. The molecule has 0 saturated carbocycles. The minimum atomic E-state index is 0.387. The van der Waals surface area contributed by atoms with Crippen LogP contribution in [-0.4, -0.2) is 30.0 Å². The molecule has 25 heavy (non-hydrogen) atoms. The number of hydrogen-bond donors (Lipinski definition) is 1. The van der Waals surface area contributed by atoms with Crippen LogP contribution in [0.5, 0.6) is 0 Å². The number of furan rings is 1. The van der Waals surface area contributed by atoms with Gasteiger partial charge in [-0.05, 0) is 24.1 Å². The van der Waals surface area contributed by atoms with Crippen molar-refractivity contribution in [2.24, 2.45) is 0 Å². The fraction of sp³-hybridized carbons (Fsp3) is 0.176. The van der Waals surface area contributed by atoms with Gasteiger partial charge in [0.05, 0.1) is 0 Å². The Morgan fingerprint density at radius 3 is 2.84 bits per heavy atom. The second-order valence-corrected chi connectivity index (χ2v) is 7.09. The molecule has 5 aromatic rings. The normalized spacial score (nSPS) is 12.0. The van der Waals surface area contributed by atoms with Gasteiger partial charge < -0.3 is 4.42 Å². The Bertz CT molecular complexity index is 1160. The molecule has 1 aromatic carbocycles. The van der Waals surface area contributed by atoms with Gasteiger partial charge in [0.2, 0.25) is 10.8 Å². The third kappa shape index (κ3) is 2.25. The SMILES string of the molecule is CC(C)c1cc(-c2nn3c(-c4cc5ccccc5o4)nnc3s2)n[nH]1. The fourth-order valence-corrected chi connectivity index (χ4v) is 3.51. The van der Waals surface area contributed by atoms with E-state index < -0.39 is 0 Å². The number of benzene rings is 1. The number of aromatic amines is 1. The molecule has 0 fully saturated rings. The van der Waals surface area contributed by atoms with Gasteiger partial charge in [-0.15, -0.1) is 10.2 Å². The maximum atomic E-state index is 5.89. The van der Waals surface area contributed by atoms with Crippen molar-refractivity contribution in [3.8, 4) is 22.3 Å². The molecule has 4 heterocycles. The zero-order valence-corrected chi connectivity index (χ0v) is 14.4. The monoisotopic (exact) mass is 350 g/mol. The molecular weight excluding hydrogens is 336 g/mol. The first-order valence-electron chi connectivity index (χ1n) is 7.96. The molecule has 0 aliphatic heterocycles. The molecule has 0 aliphatic rings. The van der Waals surface area contributed by atoms with Crippen molar-refractivity contribution in [3.05, 3.63) is 42.1 Å². The molecule has 124 valence electrons. The lowest BCUT2D eigenvalue weighted by atomic mass is 10.1. The Labute approximate surface area is 146 Å². The number of nitrogens with zero attached hydrogens (tertiary/aromatic N) is 5.